The van der Waals surface area contributed by atoms with Crippen LogP contribution in [-0.2, 0) is 4.79 Å². The summed E-state index contributed by atoms with van der Waals surface area (Å²) in [5, 5.41) is 9.76. The molecule has 0 heterocycles. The van der Waals surface area contributed by atoms with Crippen LogP contribution >= 0.6 is 0 Å². The van der Waals surface area contributed by atoms with Gasteiger partial charge < -0.3 is 10.0 Å². The van der Waals surface area contributed by atoms with Gasteiger partial charge in [0.1, 0.15) is 5.82 Å². The lowest BCUT2D eigenvalue weighted by molar-refractivity contribution is -0.149. The number of rotatable bonds is 5. The maximum Gasteiger partial charge on any atom is 0.311 e. The minimum Gasteiger partial charge on any atom is -0.481 e. The van der Waals surface area contributed by atoms with Crippen molar-refractivity contribution in [3.05, 3.63) is 30.1 Å². The Kier molecular flexibility index (Phi) is 5.21. The van der Waals surface area contributed by atoms with Crippen LogP contribution in [0.25, 0.3) is 0 Å². The van der Waals surface area contributed by atoms with Gasteiger partial charge in [0, 0.05) is 18.8 Å². The molecule has 116 valence electrons. The van der Waals surface area contributed by atoms with Crippen molar-refractivity contribution in [2.75, 3.05) is 18.0 Å². The van der Waals surface area contributed by atoms with Gasteiger partial charge in [-0.3, -0.25) is 4.79 Å². The number of hydrogen-bond acceptors (Lipinski definition) is 2. The number of carboxylic acid groups (broad SMARTS) is 1. The molecule has 0 bridgehead atoms. The Hall–Kier alpha value is -1.58. The van der Waals surface area contributed by atoms with Gasteiger partial charge in [0.15, 0.2) is 0 Å². The first-order valence-corrected chi connectivity index (χ1v) is 7.81. The summed E-state index contributed by atoms with van der Waals surface area (Å²) in [7, 11) is 0. The Morgan fingerprint density at radius 2 is 1.95 bits per heavy atom. The molecule has 0 spiro atoms. The highest BCUT2D eigenvalue weighted by molar-refractivity contribution is 5.75. The number of benzene rings is 1. The summed E-state index contributed by atoms with van der Waals surface area (Å²) in [4.78, 5) is 13.9. The van der Waals surface area contributed by atoms with Crippen molar-refractivity contribution in [3.63, 3.8) is 0 Å². The zero-order valence-corrected chi connectivity index (χ0v) is 12.6. The molecule has 4 heteroatoms. The van der Waals surface area contributed by atoms with Crippen LogP contribution in [0.1, 0.15) is 45.4 Å². The molecule has 2 rings (SSSR count). The van der Waals surface area contributed by atoms with Crippen molar-refractivity contribution in [2.45, 2.75) is 45.4 Å². The second-order valence-corrected chi connectivity index (χ2v) is 5.99. The van der Waals surface area contributed by atoms with Crippen molar-refractivity contribution in [1.29, 1.82) is 0 Å². The van der Waals surface area contributed by atoms with Crippen LogP contribution in [0, 0.1) is 11.2 Å². The highest BCUT2D eigenvalue weighted by atomic mass is 19.1. The number of aliphatic carboxylic acids is 1. The fourth-order valence-electron chi connectivity index (χ4n) is 3.27. The van der Waals surface area contributed by atoms with E-state index in [2.05, 4.69) is 0 Å². The molecule has 1 aliphatic rings. The van der Waals surface area contributed by atoms with Gasteiger partial charge in [-0.05, 0) is 38.0 Å². The number of hydrogen-bond donors (Lipinski definition) is 1. The van der Waals surface area contributed by atoms with Gasteiger partial charge in [0.25, 0.3) is 0 Å². The molecular weight excluding hydrogens is 269 g/mol. The monoisotopic (exact) mass is 293 g/mol. The average molecular weight is 293 g/mol. The maximum atomic E-state index is 13.4. The third kappa shape index (κ3) is 3.74. The Morgan fingerprint density at radius 1 is 1.29 bits per heavy atom. The van der Waals surface area contributed by atoms with Crippen LogP contribution in [0.4, 0.5) is 10.1 Å². The summed E-state index contributed by atoms with van der Waals surface area (Å²) in [5.41, 5.74) is 0.0705. The van der Waals surface area contributed by atoms with Crippen molar-refractivity contribution in [1.82, 2.24) is 0 Å². The molecule has 0 aliphatic heterocycles. The van der Waals surface area contributed by atoms with Gasteiger partial charge in [-0.25, -0.2) is 4.39 Å². The standard InChI is InChI=1S/C17H24FNO2/c1-2-19(15-9-7-8-14(18)12-15)13-17(16(20)21)10-5-3-4-6-11-17/h7-9,12H,2-6,10-11,13H2,1H3,(H,20,21). The third-order valence-corrected chi connectivity index (χ3v) is 4.56. The second kappa shape index (κ2) is 6.92. The number of anilines is 1. The molecule has 1 aromatic carbocycles. The molecule has 0 aromatic heterocycles. The van der Waals surface area contributed by atoms with Crippen molar-refractivity contribution >= 4 is 11.7 Å². The van der Waals surface area contributed by atoms with Crippen LogP contribution < -0.4 is 4.90 Å². The van der Waals surface area contributed by atoms with Crippen LogP contribution in [0.3, 0.4) is 0 Å². The molecule has 1 N–H and O–H groups in total. The van der Waals surface area contributed by atoms with Crippen molar-refractivity contribution in [2.24, 2.45) is 5.41 Å². The van der Waals surface area contributed by atoms with E-state index >= 15 is 0 Å². The predicted molar refractivity (Wildman–Crippen MR) is 82.1 cm³/mol. The van der Waals surface area contributed by atoms with Crippen LogP contribution in [0.15, 0.2) is 24.3 Å². The fraction of sp³-hybridized carbons (Fsp3) is 0.588. The molecule has 3 nitrogen and oxygen atoms in total. The van der Waals surface area contributed by atoms with E-state index in [9.17, 15) is 14.3 Å². The second-order valence-electron chi connectivity index (χ2n) is 5.99. The van der Waals surface area contributed by atoms with Gasteiger partial charge in [-0.15, -0.1) is 0 Å². The number of halogens is 1. The van der Waals surface area contributed by atoms with E-state index in [1.165, 1.54) is 12.1 Å². The SMILES string of the molecule is CCN(CC1(C(=O)O)CCCCCC1)c1cccc(F)c1. The molecule has 1 saturated carbocycles. The number of carboxylic acids is 1. The first kappa shape index (κ1) is 15.8. The van der Waals surface area contributed by atoms with Gasteiger partial charge >= 0.3 is 5.97 Å². The Morgan fingerprint density at radius 3 is 2.48 bits per heavy atom. The minimum absolute atomic E-state index is 0.281. The van der Waals surface area contributed by atoms with E-state index in [0.717, 1.165) is 31.4 Å². The summed E-state index contributed by atoms with van der Waals surface area (Å²) in [6.07, 6.45) is 5.59. The topological polar surface area (TPSA) is 40.5 Å². The largest absolute Gasteiger partial charge is 0.481 e. The van der Waals surface area contributed by atoms with E-state index in [4.69, 9.17) is 0 Å². The zero-order valence-electron chi connectivity index (χ0n) is 12.6. The van der Waals surface area contributed by atoms with Gasteiger partial charge in [-0.2, -0.15) is 0 Å². The van der Waals surface area contributed by atoms with Crippen molar-refractivity contribution < 1.29 is 14.3 Å². The van der Waals surface area contributed by atoms with Crippen LogP contribution in [0.5, 0.6) is 0 Å². The Balaban J connectivity index is 2.23. The van der Waals surface area contributed by atoms with E-state index in [1.807, 2.05) is 17.9 Å². The molecule has 1 fully saturated rings. The van der Waals surface area contributed by atoms with Crippen LogP contribution in [-0.4, -0.2) is 24.2 Å². The minimum atomic E-state index is -0.709. The normalized spacial score (nSPS) is 18.0. The highest BCUT2D eigenvalue weighted by Crippen LogP contribution is 2.37. The molecule has 0 saturated heterocycles. The molecule has 0 radical (unpaired) electrons. The van der Waals surface area contributed by atoms with Crippen molar-refractivity contribution in [3.8, 4) is 0 Å². The van der Waals surface area contributed by atoms with E-state index in [1.54, 1.807) is 6.07 Å². The van der Waals surface area contributed by atoms with Gasteiger partial charge in [0.2, 0.25) is 0 Å². The lowest BCUT2D eigenvalue weighted by Gasteiger charge is -2.35. The molecule has 0 unspecified atom stereocenters. The summed E-state index contributed by atoms with van der Waals surface area (Å²) in [5.74, 6) is -0.990. The predicted octanol–water partition coefficient (Wildman–Crippen LogP) is 4.08. The molecule has 0 atom stereocenters. The summed E-state index contributed by atoms with van der Waals surface area (Å²) < 4.78 is 13.4. The fourth-order valence-corrected chi connectivity index (χ4v) is 3.27. The van der Waals surface area contributed by atoms with Crippen LogP contribution in [0.2, 0.25) is 0 Å². The maximum absolute atomic E-state index is 13.4. The number of carbonyl (C=O) groups is 1. The first-order valence-electron chi connectivity index (χ1n) is 7.81. The lowest BCUT2D eigenvalue weighted by Crippen LogP contribution is -2.43. The highest BCUT2D eigenvalue weighted by Gasteiger charge is 2.40. The molecule has 1 aliphatic carbocycles. The van der Waals surface area contributed by atoms with E-state index in [0.29, 0.717) is 25.9 Å². The third-order valence-electron chi connectivity index (χ3n) is 4.56. The Labute approximate surface area is 125 Å². The van der Waals surface area contributed by atoms with E-state index < -0.39 is 11.4 Å². The molecule has 1 aromatic rings. The summed E-state index contributed by atoms with van der Waals surface area (Å²) in [6, 6.07) is 6.42. The quantitative estimate of drug-likeness (QED) is 0.832. The summed E-state index contributed by atoms with van der Waals surface area (Å²) in [6.45, 7) is 3.12. The zero-order chi connectivity index (χ0) is 15.3. The number of nitrogens with zero attached hydrogens (tertiary/aromatic N) is 1. The van der Waals surface area contributed by atoms with E-state index in [-0.39, 0.29) is 5.82 Å². The molecule has 21 heavy (non-hydrogen) atoms. The average Bonchev–Trinajstić information content (AvgIpc) is 2.71. The van der Waals surface area contributed by atoms with Gasteiger partial charge in [0.05, 0.1) is 5.41 Å². The lowest BCUT2D eigenvalue weighted by atomic mass is 9.79. The smallest absolute Gasteiger partial charge is 0.311 e. The first-order chi connectivity index (χ1) is 10.1. The molecule has 0 amide bonds. The van der Waals surface area contributed by atoms with Gasteiger partial charge in [-0.1, -0.05) is 31.7 Å². The summed E-state index contributed by atoms with van der Waals surface area (Å²) >= 11 is 0. The molecular formula is C17H24FNO2. The Bertz CT molecular complexity index is 481.